The van der Waals surface area contributed by atoms with Crippen LogP contribution >= 0.6 is 12.4 Å². The van der Waals surface area contributed by atoms with Gasteiger partial charge in [0.2, 0.25) is 0 Å². The van der Waals surface area contributed by atoms with E-state index in [4.69, 9.17) is 18.3 Å². The Bertz CT molecular complexity index is 754. The first-order chi connectivity index (χ1) is 12.9. The Morgan fingerprint density at radius 3 is 2.28 bits per heavy atom. The summed E-state index contributed by atoms with van der Waals surface area (Å²) in [6.07, 6.45) is 1.63. The first-order valence-corrected chi connectivity index (χ1v) is 8.09. The summed E-state index contributed by atoms with van der Waals surface area (Å²) in [4.78, 5) is 0. The highest BCUT2D eigenvalue weighted by molar-refractivity contribution is 5.85. The van der Waals surface area contributed by atoms with Crippen LogP contribution < -0.4 is 19.5 Å². The van der Waals surface area contributed by atoms with Crippen molar-refractivity contribution in [2.45, 2.75) is 26.3 Å². The smallest absolute Gasteiger partial charge is 0.123 e. The van der Waals surface area contributed by atoms with E-state index in [-0.39, 0.29) is 12.4 Å². The molecular formula is C20H28ClNO3. The van der Waals surface area contributed by atoms with E-state index in [9.17, 15) is 0 Å². The molecule has 0 heterocycles. The first kappa shape index (κ1) is 16.6. The lowest BCUT2D eigenvalue weighted by Crippen LogP contribution is -2.17. The third-order valence-electron chi connectivity index (χ3n) is 4.03. The quantitative estimate of drug-likeness (QED) is 0.678. The fraction of sp³-hybridized carbons (Fsp3) is 0.400. The van der Waals surface area contributed by atoms with Gasteiger partial charge in [-0.25, -0.2) is 0 Å². The summed E-state index contributed by atoms with van der Waals surface area (Å²) in [5.41, 5.74) is 2.98. The van der Waals surface area contributed by atoms with Crippen LogP contribution in [0.25, 0.3) is 0 Å². The van der Waals surface area contributed by atoms with Gasteiger partial charge in [0.15, 0.2) is 0 Å². The van der Waals surface area contributed by atoms with Crippen LogP contribution in [0.5, 0.6) is 17.2 Å². The van der Waals surface area contributed by atoms with E-state index >= 15 is 0 Å². The van der Waals surface area contributed by atoms with Crippen molar-refractivity contribution in [1.29, 1.82) is 0 Å². The van der Waals surface area contributed by atoms with Crippen molar-refractivity contribution in [1.82, 2.24) is 5.32 Å². The van der Waals surface area contributed by atoms with Crippen LogP contribution in [0, 0.1) is 0 Å². The third-order valence-corrected chi connectivity index (χ3v) is 4.03. The Kier molecular flexibility index (Phi) is 7.19. The van der Waals surface area contributed by atoms with Crippen LogP contribution in [0.1, 0.15) is 27.7 Å². The van der Waals surface area contributed by atoms with Crippen molar-refractivity contribution in [3.63, 3.8) is 0 Å². The van der Waals surface area contributed by atoms with E-state index in [2.05, 4.69) is 12.2 Å². The highest BCUT2D eigenvalue weighted by atomic mass is 35.5. The van der Waals surface area contributed by atoms with Crippen LogP contribution in [0.2, 0.25) is 0 Å². The molecule has 0 aromatic heterocycles. The molecule has 0 saturated heterocycles. The van der Waals surface area contributed by atoms with Gasteiger partial charge in [-0.1, -0.05) is 25.1 Å². The number of methoxy groups -OCH3 is 3. The highest BCUT2D eigenvalue weighted by Crippen LogP contribution is 2.29. The first-order valence-electron chi connectivity index (χ1n) is 9.59. The zero-order valence-corrected chi connectivity index (χ0v) is 15.7. The topological polar surface area (TPSA) is 39.7 Å². The molecule has 0 amide bonds. The molecular weight excluding hydrogens is 338 g/mol. The Hall–Kier alpha value is -1.91. The lowest BCUT2D eigenvalue weighted by atomic mass is 10.0. The van der Waals surface area contributed by atoms with Gasteiger partial charge in [0, 0.05) is 12.1 Å². The molecule has 25 heavy (non-hydrogen) atoms. The van der Waals surface area contributed by atoms with Crippen molar-refractivity contribution in [2.24, 2.45) is 0 Å². The second-order valence-electron chi connectivity index (χ2n) is 5.47. The van der Waals surface area contributed by atoms with E-state index in [1.807, 2.05) is 24.3 Å². The molecule has 0 aliphatic carbocycles. The number of rotatable bonds is 9. The number of benzene rings is 2. The lowest BCUT2D eigenvalue weighted by molar-refractivity contribution is 0.394. The molecule has 0 bridgehead atoms. The standard InChI is InChI=1S/C20H27NO3.ClH/c1-5-15-12-20(24-4)16(13-19(15)23-3)10-11-21-14-17-8-6-7-9-18(17)22-2;/h6-9,12-13,21H,5,10-11,14H2,1-4H3;1H/i2D3;. The van der Waals surface area contributed by atoms with Crippen LogP contribution in [0.15, 0.2) is 36.4 Å². The van der Waals surface area contributed by atoms with Crippen LogP contribution in [-0.2, 0) is 19.4 Å². The average molecular weight is 369 g/mol. The van der Waals surface area contributed by atoms with Gasteiger partial charge < -0.3 is 19.5 Å². The van der Waals surface area contributed by atoms with Crippen molar-refractivity contribution in [3.05, 3.63) is 53.1 Å². The fourth-order valence-electron chi connectivity index (χ4n) is 2.69. The minimum absolute atomic E-state index is 0. The summed E-state index contributed by atoms with van der Waals surface area (Å²) < 4.78 is 37.9. The van der Waals surface area contributed by atoms with Gasteiger partial charge in [0.25, 0.3) is 0 Å². The van der Waals surface area contributed by atoms with E-state index in [0.29, 0.717) is 18.8 Å². The maximum absolute atomic E-state index is 7.27. The SMILES string of the molecule is Cl.[2H]C([2H])([2H])Oc1ccccc1CNCCc1cc(OC)c(CC)cc1OC. The van der Waals surface area contributed by atoms with Crippen LogP contribution in [0.3, 0.4) is 0 Å². The van der Waals surface area contributed by atoms with Gasteiger partial charge in [-0.15, -0.1) is 12.4 Å². The molecule has 2 aromatic carbocycles. The van der Waals surface area contributed by atoms with Crippen molar-refractivity contribution < 1.29 is 18.3 Å². The summed E-state index contributed by atoms with van der Waals surface area (Å²) in [5.74, 6) is 2.09. The molecule has 2 rings (SSSR count). The number of aryl methyl sites for hydroxylation is 1. The number of hydrogen-bond acceptors (Lipinski definition) is 4. The predicted octanol–water partition coefficient (Wildman–Crippen LogP) is 4.03. The van der Waals surface area contributed by atoms with E-state index in [0.717, 1.165) is 41.0 Å². The van der Waals surface area contributed by atoms with Crippen molar-refractivity contribution in [2.75, 3.05) is 27.8 Å². The van der Waals surface area contributed by atoms with E-state index in [1.165, 1.54) is 0 Å². The number of halogens is 1. The Balaban J connectivity index is 0.00000392. The van der Waals surface area contributed by atoms with E-state index < -0.39 is 7.04 Å². The third kappa shape index (κ3) is 5.55. The van der Waals surface area contributed by atoms with Crippen LogP contribution in [0.4, 0.5) is 0 Å². The zero-order chi connectivity index (χ0) is 19.9. The summed E-state index contributed by atoms with van der Waals surface area (Å²) in [6, 6.07) is 11.2. The molecule has 5 heteroatoms. The van der Waals surface area contributed by atoms with Gasteiger partial charge in [0.05, 0.1) is 25.4 Å². The molecule has 0 aliphatic heterocycles. The fourth-order valence-corrected chi connectivity index (χ4v) is 2.69. The number of para-hydroxylation sites is 1. The molecule has 0 fully saturated rings. The van der Waals surface area contributed by atoms with Gasteiger partial charge in [-0.05, 0) is 48.7 Å². The zero-order valence-electron chi connectivity index (χ0n) is 17.9. The molecule has 2 aromatic rings. The van der Waals surface area contributed by atoms with Gasteiger partial charge >= 0.3 is 0 Å². The molecule has 0 atom stereocenters. The van der Waals surface area contributed by atoms with Crippen LogP contribution in [-0.4, -0.2) is 27.8 Å². The van der Waals surface area contributed by atoms with Gasteiger partial charge in [0.1, 0.15) is 17.2 Å². The highest BCUT2D eigenvalue weighted by Gasteiger charge is 2.10. The average Bonchev–Trinajstić information content (AvgIpc) is 2.64. The Morgan fingerprint density at radius 2 is 1.60 bits per heavy atom. The van der Waals surface area contributed by atoms with E-state index in [1.54, 1.807) is 26.4 Å². The second kappa shape index (κ2) is 10.9. The van der Waals surface area contributed by atoms with Crippen molar-refractivity contribution in [3.8, 4) is 17.2 Å². The molecule has 4 nitrogen and oxygen atoms in total. The Morgan fingerprint density at radius 1 is 0.920 bits per heavy atom. The minimum atomic E-state index is -2.46. The molecule has 0 unspecified atom stereocenters. The maximum Gasteiger partial charge on any atom is 0.123 e. The second-order valence-corrected chi connectivity index (χ2v) is 5.47. The minimum Gasteiger partial charge on any atom is -0.496 e. The number of ether oxygens (including phenoxy) is 3. The molecule has 0 aliphatic rings. The summed E-state index contributed by atoms with van der Waals surface area (Å²) in [6.45, 7) is 3.29. The molecule has 0 radical (unpaired) electrons. The predicted molar refractivity (Wildman–Crippen MR) is 105 cm³/mol. The summed E-state index contributed by atoms with van der Waals surface area (Å²) in [5, 5.41) is 3.33. The molecule has 0 saturated carbocycles. The summed E-state index contributed by atoms with van der Waals surface area (Å²) in [7, 11) is 0.881. The molecule has 0 spiro atoms. The molecule has 138 valence electrons. The Labute approximate surface area is 161 Å². The summed E-state index contributed by atoms with van der Waals surface area (Å²) >= 11 is 0. The van der Waals surface area contributed by atoms with Gasteiger partial charge in [-0.3, -0.25) is 0 Å². The normalized spacial score (nSPS) is 12.4. The molecule has 1 N–H and O–H groups in total. The number of hydrogen-bond donors (Lipinski definition) is 1. The maximum atomic E-state index is 7.27. The van der Waals surface area contributed by atoms with Gasteiger partial charge in [-0.2, -0.15) is 0 Å². The largest absolute Gasteiger partial charge is 0.496 e. The lowest BCUT2D eigenvalue weighted by Gasteiger charge is -2.15. The number of nitrogens with one attached hydrogen (secondary N) is 1. The van der Waals surface area contributed by atoms with Crippen molar-refractivity contribution >= 4 is 12.4 Å². The monoisotopic (exact) mass is 368 g/mol.